The van der Waals surface area contributed by atoms with Crippen molar-refractivity contribution >= 4 is 27.7 Å². The van der Waals surface area contributed by atoms with Crippen molar-refractivity contribution in [3.8, 4) is 5.75 Å². The van der Waals surface area contributed by atoms with E-state index in [1.165, 1.54) is 0 Å². The molecule has 2 amide bonds. The topological polar surface area (TPSA) is 81.4 Å². The molecule has 0 saturated heterocycles. The van der Waals surface area contributed by atoms with Gasteiger partial charge < -0.3 is 15.8 Å². The van der Waals surface area contributed by atoms with Gasteiger partial charge in [0.15, 0.2) is 6.61 Å². The van der Waals surface area contributed by atoms with Gasteiger partial charge >= 0.3 is 0 Å². The van der Waals surface area contributed by atoms with E-state index < -0.39 is 5.91 Å². The number of amides is 2. The van der Waals surface area contributed by atoms with Crippen LogP contribution in [0, 0.1) is 0 Å². The molecule has 2 aromatic carbocycles. The SMILES string of the molecule is C[C@@H](NC(=O)COc1ccccc1C(N)=O)c1ccccc1Br. The number of benzene rings is 2. The maximum absolute atomic E-state index is 12.0. The minimum atomic E-state index is -0.595. The van der Waals surface area contributed by atoms with Gasteiger partial charge in [0.2, 0.25) is 0 Å². The van der Waals surface area contributed by atoms with E-state index in [0.717, 1.165) is 10.0 Å². The van der Waals surface area contributed by atoms with Gasteiger partial charge in [-0.2, -0.15) is 0 Å². The zero-order chi connectivity index (χ0) is 16.8. The number of halogens is 1. The van der Waals surface area contributed by atoms with Crippen LogP contribution in [0.4, 0.5) is 0 Å². The molecule has 0 radical (unpaired) electrons. The molecule has 0 bridgehead atoms. The minimum Gasteiger partial charge on any atom is -0.483 e. The third kappa shape index (κ3) is 4.56. The molecule has 23 heavy (non-hydrogen) atoms. The third-order valence-corrected chi connectivity index (χ3v) is 3.98. The predicted octanol–water partition coefficient (Wildman–Crippen LogP) is 2.80. The van der Waals surface area contributed by atoms with Crippen LogP contribution in [0.25, 0.3) is 0 Å². The van der Waals surface area contributed by atoms with Crippen molar-refractivity contribution in [1.82, 2.24) is 5.32 Å². The third-order valence-electron chi connectivity index (χ3n) is 3.26. The fourth-order valence-corrected chi connectivity index (χ4v) is 2.75. The average molecular weight is 377 g/mol. The number of ether oxygens (including phenoxy) is 1. The molecular formula is C17H17BrN2O3. The molecule has 6 heteroatoms. The predicted molar refractivity (Wildman–Crippen MR) is 91.2 cm³/mol. The van der Waals surface area contributed by atoms with Crippen LogP contribution in [-0.4, -0.2) is 18.4 Å². The molecule has 0 heterocycles. The van der Waals surface area contributed by atoms with Gasteiger partial charge in [0.05, 0.1) is 11.6 Å². The van der Waals surface area contributed by atoms with Crippen LogP contribution in [0.15, 0.2) is 53.0 Å². The van der Waals surface area contributed by atoms with E-state index in [-0.39, 0.29) is 24.1 Å². The molecule has 5 nitrogen and oxygen atoms in total. The Bertz CT molecular complexity index is 718. The van der Waals surface area contributed by atoms with E-state index >= 15 is 0 Å². The molecule has 0 aliphatic rings. The molecule has 0 unspecified atom stereocenters. The maximum Gasteiger partial charge on any atom is 0.258 e. The van der Waals surface area contributed by atoms with Gasteiger partial charge in [0.1, 0.15) is 5.75 Å². The number of para-hydroxylation sites is 1. The molecule has 0 aliphatic carbocycles. The van der Waals surface area contributed by atoms with E-state index in [1.807, 2.05) is 31.2 Å². The normalized spacial score (nSPS) is 11.6. The van der Waals surface area contributed by atoms with Crippen LogP contribution >= 0.6 is 15.9 Å². The van der Waals surface area contributed by atoms with Crippen LogP contribution < -0.4 is 15.8 Å². The standard InChI is InChI=1S/C17H17BrN2O3/c1-11(12-6-2-4-8-14(12)18)20-16(21)10-23-15-9-5-3-7-13(15)17(19)22/h2-9,11H,10H2,1H3,(H2,19,22)(H,20,21)/t11-/m1/s1. The molecule has 0 aliphatic heterocycles. The van der Waals surface area contributed by atoms with Crippen molar-refractivity contribution in [2.24, 2.45) is 5.73 Å². The van der Waals surface area contributed by atoms with E-state index in [0.29, 0.717) is 5.75 Å². The van der Waals surface area contributed by atoms with Crippen molar-refractivity contribution in [3.05, 3.63) is 64.1 Å². The summed E-state index contributed by atoms with van der Waals surface area (Å²) < 4.78 is 6.33. The van der Waals surface area contributed by atoms with Crippen LogP contribution in [-0.2, 0) is 4.79 Å². The summed E-state index contributed by atoms with van der Waals surface area (Å²) in [5, 5.41) is 2.85. The molecule has 1 atom stereocenters. The first-order valence-corrected chi connectivity index (χ1v) is 7.83. The number of carbonyl (C=O) groups is 2. The van der Waals surface area contributed by atoms with Crippen LogP contribution in [0.1, 0.15) is 28.9 Å². The highest BCUT2D eigenvalue weighted by atomic mass is 79.9. The summed E-state index contributed by atoms with van der Waals surface area (Å²) in [6.07, 6.45) is 0. The van der Waals surface area contributed by atoms with Gasteiger partial charge in [-0.05, 0) is 30.7 Å². The van der Waals surface area contributed by atoms with Crippen molar-refractivity contribution in [2.75, 3.05) is 6.61 Å². The lowest BCUT2D eigenvalue weighted by atomic mass is 10.1. The molecule has 0 aromatic heterocycles. The molecule has 0 fully saturated rings. The number of nitrogens with two attached hydrogens (primary N) is 1. The minimum absolute atomic E-state index is 0.173. The lowest BCUT2D eigenvalue weighted by Crippen LogP contribution is -2.31. The average Bonchev–Trinajstić information content (AvgIpc) is 2.53. The molecule has 2 rings (SSSR count). The maximum atomic E-state index is 12.0. The van der Waals surface area contributed by atoms with E-state index in [9.17, 15) is 9.59 Å². The van der Waals surface area contributed by atoms with E-state index in [4.69, 9.17) is 10.5 Å². The number of hydrogen-bond acceptors (Lipinski definition) is 3. The highest BCUT2D eigenvalue weighted by Crippen LogP contribution is 2.22. The summed E-state index contributed by atoms with van der Waals surface area (Å²) in [6.45, 7) is 1.69. The molecule has 0 spiro atoms. The first kappa shape index (κ1) is 17.0. The highest BCUT2D eigenvalue weighted by molar-refractivity contribution is 9.10. The van der Waals surface area contributed by atoms with Gasteiger partial charge in [0.25, 0.3) is 11.8 Å². The van der Waals surface area contributed by atoms with Gasteiger partial charge in [-0.1, -0.05) is 46.3 Å². The summed E-state index contributed by atoms with van der Waals surface area (Å²) in [4.78, 5) is 23.3. The zero-order valence-electron chi connectivity index (χ0n) is 12.6. The second-order valence-electron chi connectivity index (χ2n) is 4.96. The summed E-state index contributed by atoms with van der Waals surface area (Å²) >= 11 is 3.45. The fourth-order valence-electron chi connectivity index (χ4n) is 2.13. The molecule has 0 saturated carbocycles. The first-order chi connectivity index (χ1) is 11.0. The van der Waals surface area contributed by atoms with Crippen molar-refractivity contribution < 1.29 is 14.3 Å². The lowest BCUT2D eigenvalue weighted by Gasteiger charge is -2.16. The Morgan fingerprint density at radius 3 is 2.52 bits per heavy atom. The van der Waals surface area contributed by atoms with E-state index in [1.54, 1.807) is 24.3 Å². The Balaban J connectivity index is 1.96. The van der Waals surface area contributed by atoms with Crippen molar-refractivity contribution in [3.63, 3.8) is 0 Å². The molecule has 120 valence electrons. The lowest BCUT2D eigenvalue weighted by molar-refractivity contribution is -0.123. The summed E-state index contributed by atoms with van der Waals surface area (Å²) in [7, 11) is 0. The smallest absolute Gasteiger partial charge is 0.258 e. The largest absolute Gasteiger partial charge is 0.483 e. The van der Waals surface area contributed by atoms with Crippen LogP contribution in [0.5, 0.6) is 5.75 Å². The van der Waals surface area contributed by atoms with Crippen molar-refractivity contribution in [2.45, 2.75) is 13.0 Å². The number of carbonyl (C=O) groups excluding carboxylic acids is 2. The highest BCUT2D eigenvalue weighted by Gasteiger charge is 2.14. The van der Waals surface area contributed by atoms with Gasteiger partial charge in [-0.25, -0.2) is 0 Å². The zero-order valence-corrected chi connectivity index (χ0v) is 14.2. The first-order valence-electron chi connectivity index (χ1n) is 7.04. The number of rotatable bonds is 6. The van der Waals surface area contributed by atoms with Crippen molar-refractivity contribution in [1.29, 1.82) is 0 Å². The summed E-state index contributed by atoms with van der Waals surface area (Å²) in [6, 6.07) is 14.0. The summed E-state index contributed by atoms with van der Waals surface area (Å²) in [5.41, 5.74) is 6.49. The number of primary amides is 1. The molecule has 3 N–H and O–H groups in total. The Labute approximate surface area is 143 Å². The number of hydrogen-bond donors (Lipinski definition) is 2. The van der Waals surface area contributed by atoms with Crippen LogP contribution in [0.2, 0.25) is 0 Å². The Morgan fingerprint density at radius 2 is 1.83 bits per heavy atom. The van der Waals surface area contributed by atoms with Gasteiger partial charge in [-0.3, -0.25) is 9.59 Å². The quantitative estimate of drug-likeness (QED) is 0.812. The monoisotopic (exact) mass is 376 g/mol. The van der Waals surface area contributed by atoms with E-state index in [2.05, 4.69) is 21.2 Å². The Hall–Kier alpha value is -2.34. The van der Waals surface area contributed by atoms with Crippen LogP contribution in [0.3, 0.4) is 0 Å². The second-order valence-corrected chi connectivity index (χ2v) is 5.81. The fraction of sp³-hybridized carbons (Fsp3) is 0.176. The molecule has 2 aromatic rings. The van der Waals surface area contributed by atoms with Gasteiger partial charge in [-0.15, -0.1) is 0 Å². The second kappa shape index (κ2) is 7.78. The Kier molecular flexibility index (Phi) is 5.76. The van der Waals surface area contributed by atoms with Gasteiger partial charge in [0, 0.05) is 4.47 Å². The molecular weight excluding hydrogens is 360 g/mol. The number of nitrogens with one attached hydrogen (secondary N) is 1. The Morgan fingerprint density at radius 1 is 1.17 bits per heavy atom. The summed E-state index contributed by atoms with van der Waals surface area (Å²) in [5.74, 6) is -0.584.